The van der Waals surface area contributed by atoms with Crippen LogP contribution in [0.5, 0.6) is 0 Å². The second kappa shape index (κ2) is 4.46. The Morgan fingerprint density at radius 2 is 1.79 bits per heavy atom. The van der Waals surface area contributed by atoms with E-state index in [9.17, 15) is 9.59 Å². The Morgan fingerprint density at radius 1 is 1.16 bits per heavy atom. The molecule has 0 amide bonds. The van der Waals surface area contributed by atoms with E-state index in [1.54, 1.807) is 19.1 Å². The van der Waals surface area contributed by atoms with Crippen LogP contribution in [0.2, 0.25) is 0 Å². The smallest absolute Gasteiger partial charge is 0.225 e. The Kier molecular flexibility index (Phi) is 3.22. The average Bonchev–Trinajstić information content (AvgIpc) is 2.30. The van der Waals surface area contributed by atoms with Crippen molar-refractivity contribution in [2.75, 3.05) is 0 Å². The monoisotopic (exact) mass is 278 g/mol. The van der Waals surface area contributed by atoms with E-state index in [-0.39, 0.29) is 27.7 Å². The number of aryl methyl sites for hydroxylation is 1. The van der Waals surface area contributed by atoms with Crippen LogP contribution in [-0.2, 0) is 0 Å². The van der Waals surface area contributed by atoms with Crippen molar-refractivity contribution in [2.24, 2.45) is 0 Å². The van der Waals surface area contributed by atoms with Gasteiger partial charge in [-0.25, -0.2) is 4.98 Å². The number of carbonyl (C=O) groups excluding carboxylic acids is 2. The molecule has 1 aromatic heterocycles. The summed E-state index contributed by atoms with van der Waals surface area (Å²) in [4.78, 5) is 28.6. The molecule has 5 heteroatoms. The molecule has 1 aromatic rings. The first-order chi connectivity index (χ1) is 8.70. The lowest BCUT2D eigenvalue weighted by atomic mass is 9.95. The predicted molar refractivity (Wildman–Crippen MR) is 73.4 cm³/mol. The first-order valence-electron chi connectivity index (χ1n) is 5.96. The van der Waals surface area contributed by atoms with Crippen LogP contribution in [0.25, 0.3) is 0 Å². The highest BCUT2D eigenvalue weighted by atomic mass is 35.5. The van der Waals surface area contributed by atoms with Crippen molar-refractivity contribution < 1.29 is 9.59 Å². The number of ketones is 2. The van der Waals surface area contributed by atoms with Gasteiger partial charge in [0.1, 0.15) is 16.4 Å². The van der Waals surface area contributed by atoms with Crippen LogP contribution < -0.4 is 5.32 Å². The highest BCUT2D eigenvalue weighted by molar-refractivity contribution is 6.49. The summed E-state index contributed by atoms with van der Waals surface area (Å²) in [5.74, 6) is -0.700. The Balaban J connectivity index is 2.56. The third-order valence-corrected chi connectivity index (χ3v) is 3.00. The standard InChI is InChI=1S/C14H15ClN2O2/c1-7-5-6-8-10(16-7)13(19)9(15)11(12(8)18)17-14(2,3)4/h5-6,17H,1-4H3. The number of Topliss-reactive ketones (excluding diaryl/α,β-unsaturated/α-hetero) is 2. The Bertz CT molecular complexity index is 612. The molecular weight excluding hydrogens is 264 g/mol. The molecule has 1 aliphatic rings. The minimum Gasteiger partial charge on any atom is -0.376 e. The molecule has 0 saturated carbocycles. The molecule has 1 N–H and O–H groups in total. The number of rotatable bonds is 1. The predicted octanol–water partition coefficient (Wildman–Crippen LogP) is 2.61. The molecule has 2 rings (SSSR count). The van der Waals surface area contributed by atoms with Gasteiger partial charge in [-0.15, -0.1) is 0 Å². The molecule has 4 nitrogen and oxygen atoms in total. The van der Waals surface area contributed by atoms with Crippen molar-refractivity contribution >= 4 is 23.2 Å². The van der Waals surface area contributed by atoms with Gasteiger partial charge >= 0.3 is 0 Å². The second-order valence-corrected chi connectivity index (χ2v) is 5.95. The maximum absolute atomic E-state index is 12.4. The number of nitrogens with zero attached hydrogens (tertiary/aromatic N) is 1. The summed E-state index contributed by atoms with van der Waals surface area (Å²) >= 11 is 6.02. The maximum Gasteiger partial charge on any atom is 0.225 e. The van der Waals surface area contributed by atoms with E-state index >= 15 is 0 Å². The summed E-state index contributed by atoms with van der Waals surface area (Å²) in [6.07, 6.45) is 0. The molecule has 1 aliphatic carbocycles. The quantitative estimate of drug-likeness (QED) is 0.858. The van der Waals surface area contributed by atoms with Gasteiger partial charge in [0, 0.05) is 11.2 Å². The number of aromatic nitrogens is 1. The van der Waals surface area contributed by atoms with E-state index in [1.165, 1.54) is 0 Å². The number of nitrogens with one attached hydrogen (secondary N) is 1. The Labute approximate surface area is 116 Å². The van der Waals surface area contributed by atoms with Crippen LogP contribution in [0.1, 0.15) is 47.3 Å². The number of hydrogen-bond acceptors (Lipinski definition) is 4. The molecule has 0 aromatic carbocycles. The van der Waals surface area contributed by atoms with Crippen LogP contribution in [0.4, 0.5) is 0 Å². The number of halogens is 1. The zero-order valence-corrected chi connectivity index (χ0v) is 12.1. The van der Waals surface area contributed by atoms with Crippen molar-refractivity contribution in [1.82, 2.24) is 10.3 Å². The number of carbonyl (C=O) groups is 2. The molecule has 19 heavy (non-hydrogen) atoms. The Morgan fingerprint density at radius 3 is 2.37 bits per heavy atom. The van der Waals surface area contributed by atoms with Gasteiger partial charge in [-0.1, -0.05) is 11.6 Å². The van der Waals surface area contributed by atoms with Crippen LogP contribution >= 0.6 is 11.6 Å². The van der Waals surface area contributed by atoms with E-state index in [2.05, 4.69) is 10.3 Å². The van der Waals surface area contributed by atoms with Gasteiger partial charge in [0.15, 0.2) is 0 Å². The summed E-state index contributed by atoms with van der Waals surface area (Å²) in [5.41, 5.74) is 0.899. The van der Waals surface area contributed by atoms with E-state index in [4.69, 9.17) is 11.6 Å². The van der Waals surface area contributed by atoms with Crippen molar-refractivity contribution in [3.05, 3.63) is 39.8 Å². The first kappa shape index (κ1) is 13.7. The third kappa shape index (κ3) is 2.54. The minimum absolute atomic E-state index is 0.0921. The third-order valence-electron chi connectivity index (χ3n) is 2.64. The molecule has 0 aliphatic heterocycles. The zero-order valence-electron chi connectivity index (χ0n) is 11.3. The number of allylic oxidation sites excluding steroid dienone is 2. The first-order valence-corrected chi connectivity index (χ1v) is 6.33. The average molecular weight is 279 g/mol. The maximum atomic E-state index is 12.4. The number of fused-ring (bicyclic) bond motifs is 1. The topological polar surface area (TPSA) is 59.1 Å². The molecule has 100 valence electrons. The molecular formula is C14H15ClN2O2. The lowest BCUT2D eigenvalue weighted by Crippen LogP contribution is -2.40. The summed E-state index contributed by atoms with van der Waals surface area (Å²) in [6, 6.07) is 3.32. The molecule has 0 saturated heterocycles. The van der Waals surface area contributed by atoms with Crippen LogP contribution in [0, 0.1) is 6.92 Å². The molecule has 0 unspecified atom stereocenters. The van der Waals surface area contributed by atoms with Gasteiger partial charge in [-0.2, -0.15) is 0 Å². The van der Waals surface area contributed by atoms with E-state index < -0.39 is 5.78 Å². The molecule has 0 fully saturated rings. The van der Waals surface area contributed by atoms with Crippen LogP contribution in [0.15, 0.2) is 22.9 Å². The fraction of sp³-hybridized carbons (Fsp3) is 0.357. The van der Waals surface area contributed by atoms with Gasteiger partial charge in [0.05, 0.1) is 5.56 Å². The lowest BCUT2D eigenvalue weighted by molar-refractivity contribution is 0.0967. The summed E-state index contributed by atoms with van der Waals surface area (Å²) < 4.78 is 0. The van der Waals surface area contributed by atoms with Crippen molar-refractivity contribution in [1.29, 1.82) is 0 Å². The van der Waals surface area contributed by atoms with Crippen molar-refractivity contribution in [3.8, 4) is 0 Å². The van der Waals surface area contributed by atoms with Gasteiger partial charge < -0.3 is 5.32 Å². The molecule has 0 bridgehead atoms. The van der Waals surface area contributed by atoms with Crippen LogP contribution in [-0.4, -0.2) is 22.1 Å². The van der Waals surface area contributed by atoms with E-state index in [1.807, 2.05) is 20.8 Å². The van der Waals surface area contributed by atoms with E-state index in [0.717, 1.165) is 0 Å². The summed E-state index contributed by atoms with van der Waals surface area (Å²) in [6.45, 7) is 7.44. The summed E-state index contributed by atoms with van der Waals surface area (Å²) in [5, 5.41) is 2.90. The molecule has 1 heterocycles. The largest absolute Gasteiger partial charge is 0.376 e. The van der Waals surface area contributed by atoms with Gasteiger partial charge in [0.25, 0.3) is 0 Å². The van der Waals surface area contributed by atoms with Crippen molar-refractivity contribution in [2.45, 2.75) is 33.2 Å². The highest BCUT2D eigenvalue weighted by Crippen LogP contribution is 2.27. The van der Waals surface area contributed by atoms with Gasteiger partial charge in [-0.05, 0) is 39.8 Å². The normalized spacial score (nSPS) is 15.6. The highest BCUT2D eigenvalue weighted by Gasteiger charge is 2.34. The fourth-order valence-corrected chi connectivity index (χ4v) is 2.07. The van der Waals surface area contributed by atoms with E-state index in [0.29, 0.717) is 11.3 Å². The minimum atomic E-state index is -0.410. The molecule has 0 radical (unpaired) electrons. The lowest BCUT2D eigenvalue weighted by Gasteiger charge is -2.26. The number of hydrogen-bond donors (Lipinski definition) is 1. The SMILES string of the molecule is Cc1ccc2c(n1)C(=O)C(Cl)=C(NC(C)(C)C)C2=O. The van der Waals surface area contributed by atoms with Gasteiger partial charge in [0.2, 0.25) is 11.6 Å². The number of pyridine rings is 1. The molecule has 0 spiro atoms. The van der Waals surface area contributed by atoms with Gasteiger partial charge in [-0.3, -0.25) is 9.59 Å². The van der Waals surface area contributed by atoms with Crippen LogP contribution in [0.3, 0.4) is 0 Å². The summed E-state index contributed by atoms with van der Waals surface area (Å²) in [7, 11) is 0. The second-order valence-electron chi connectivity index (χ2n) is 5.57. The Hall–Kier alpha value is -1.68. The van der Waals surface area contributed by atoms with Crippen molar-refractivity contribution in [3.63, 3.8) is 0 Å². The molecule has 0 atom stereocenters. The fourth-order valence-electron chi connectivity index (χ4n) is 1.85. The zero-order chi connectivity index (χ0) is 14.4.